The summed E-state index contributed by atoms with van der Waals surface area (Å²) in [5.74, 6) is 1.27. The fourth-order valence-corrected chi connectivity index (χ4v) is 8.66. The molecule has 0 saturated carbocycles. The Hall–Kier alpha value is -1.41. The second-order valence-corrected chi connectivity index (χ2v) is 19.6. The van der Waals surface area contributed by atoms with E-state index in [1.54, 1.807) is 0 Å². The quantitative estimate of drug-likeness (QED) is 0.0585. The average molecular weight is 767 g/mol. The highest BCUT2D eigenvalue weighted by molar-refractivity contribution is 7.42. The Labute approximate surface area is 337 Å². The zero-order valence-electron chi connectivity index (χ0n) is 37.6. The summed E-state index contributed by atoms with van der Waals surface area (Å²) in [6, 6.07) is 11.9. The molecule has 1 atom stereocenters. The van der Waals surface area contributed by atoms with Gasteiger partial charge in [0, 0.05) is 11.5 Å². The number of hydrogen-bond donors (Lipinski definition) is 0. The lowest BCUT2D eigenvalue weighted by molar-refractivity contribution is 0.197. The first-order chi connectivity index (χ1) is 25.8. The van der Waals surface area contributed by atoms with Crippen molar-refractivity contribution in [1.29, 1.82) is 0 Å². The van der Waals surface area contributed by atoms with Crippen molar-refractivity contribution in [3.8, 4) is 5.75 Å². The molecule has 0 aliphatic heterocycles. The SMILES string of the molecule is CCCCCCCCCCCCOP(OCCCCCCCCCCCC)Oc1cc(C)c(C(CCC)c2cc(C(C)(C)C)ccc2C)cc1C(C)(C)C. The van der Waals surface area contributed by atoms with E-state index in [1.165, 1.54) is 149 Å². The highest BCUT2D eigenvalue weighted by Crippen LogP contribution is 2.47. The van der Waals surface area contributed by atoms with Crippen LogP contribution in [0.4, 0.5) is 0 Å². The van der Waals surface area contributed by atoms with Crippen LogP contribution in [0.2, 0.25) is 0 Å². The van der Waals surface area contributed by atoms with E-state index < -0.39 is 8.60 Å². The standard InChI is InChI=1S/C50H87O3P/c1-12-15-17-19-21-23-25-27-29-31-36-51-54(52-37-32-30-28-26-24-22-20-18-16-13-2)53-48-38-42(5)46(40-47(48)50(9,10)11)44(33-14-3)45-39-43(49(6,7)8)35-34-41(45)4/h34-35,38-40,44H,12-33,36-37H2,1-11H3. The molecule has 1 unspecified atom stereocenters. The Bertz CT molecular complexity index is 1230. The van der Waals surface area contributed by atoms with E-state index in [0.29, 0.717) is 19.1 Å². The first-order valence-corrected chi connectivity index (χ1v) is 23.9. The minimum Gasteiger partial charge on any atom is -0.426 e. The number of hydrogen-bond acceptors (Lipinski definition) is 3. The molecule has 2 aromatic rings. The lowest BCUT2D eigenvalue weighted by atomic mass is 9.77. The van der Waals surface area contributed by atoms with E-state index in [-0.39, 0.29) is 10.8 Å². The van der Waals surface area contributed by atoms with Crippen LogP contribution in [0.15, 0.2) is 30.3 Å². The summed E-state index contributed by atoms with van der Waals surface area (Å²) in [4.78, 5) is 0. The molecule has 0 aromatic heterocycles. The molecule has 0 fully saturated rings. The van der Waals surface area contributed by atoms with Crippen molar-refractivity contribution in [2.24, 2.45) is 0 Å². The predicted octanol–water partition coefficient (Wildman–Crippen LogP) is 17.3. The molecule has 0 amide bonds. The zero-order valence-corrected chi connectivity index (χ0v) is 38.5. The molecule has 0 saturated heterocycles. The van der Waals surface area contributed by atoms with Gasteiger partial charge in [-0.3, -0.25) is 0 Å². The van der Waals surface area contributed by atoms with E-state index in [4.69, 9.17) is 13.6 Å². The molecule has 0 heterocycles. The van der Waals surface area contributed by atoms with E-state index in [1.807, 2.05) is 0 Å². The Morgan fingerprint density at radius 2 is 0.944 bits per heavy atom. The summed E-state index contributed by atoms with van der Waals surface area (Å²) in [5, 5.41) is 0. The molecule has 0 aliphatic carbocycles. The molecule has 0 N–H and O–H groups in total. The van der Waals surface area contributed by atoms with Crippen molar-refractivity contribution >= 4 is 8.60 Å². The van der Waals surface area contributed by atoms with Crippen LogP contribution in [0, 0.1) is 13.8 Å². The van der Waals surface area contributed by atoms with Crippen molar-refractivity contribution in [2.75, 3.05) is 13.2 Å². The van der Waals surface area contributed by atoms with Crippen molar-refractivity contribution in [3.63, 3.8) is 0 Å². The van der Waals surface area contributed by atoms with Crippen LogP contribution in [0.3, 0.4) is 0 Å². The van der Waals surface area contributed by atoms with Crippen molar-refractivity contribution in [3.05, 3.63) is 63.7 Å². The third kappa shape index (κ3) is 19.2. The van der Waals surface area contributed by atoms with Crippen LogP contribution in [-0.4, -0.2) is 13.2 Å². The molecule has 2 aromatic carbocycles. The van der Waals surface area contributed by atoms with Crippen molar-refractivity contribution in [2.45, 2.75) is 234 Å². The molecular weight excluding hydrogens is 680 g/mol. The smallest absolute Gasteiger partial charge is 0.397 e. The van der Waals surface area contributed by atoms with Crippen molar-refractivity contribution in [1.82, 2.24) is 0 Å². The first-order valence-electron chi connectivity index (χ1n) is 22.8. The normalized spacial score (nSPS) is 12.9. The van der Waals surface area contributed by atoms with Gasteiger partial charge in [-0.2, -0.15) is 0 Å². The van der Waals surface area contributed by atoms with Gasteiger partial charge < -0.3 is 13.6 Å². The molecule has 54 heavy (non-hydrogen) atoms. The highest BCUT2D eigenvalue weighted by atomic mass is 31.2. The Kier molecular flexibility index (Phi) is 24.6. The van der Waals surface area contributed by atoms with Crippen LogP contribution >= 0.6 is 8.60 Å². The fraction of sp³-hybridized carbons (Fsp3) is 0.760. The zero-order chi connectivity index (χ0) is 39.8. The van der Waals surface area contributed by atoms with Crippen LogP contribution in [0.5, 0.6) is 5.75 Å². The Morgan fingerprint density at radius 3 is 1.37 bits per heavy atom. The second-order valence-electron chi connectivity index (χ2n) is 18.5. The van der Waals surface area contributed by atoms with Crippen LogP contribution < -0.4 is 4.52 Å². The molecule has 4 heteroatoms. The topological polar surface area (TPSA) is 27.7 Å². The minimum atomic E-state index is -1.48. The summed E-state index contributed by atoms with van der Waals surface area (Å²) in [7, 11) is -1.48. The Morgan fingerprint density at radius 1 is 0.500 bits per heavy atom. The highest BCUT2D eigenvalue weighted by Gasteiger charge is 2.28. The van der Waals surface area contributed by atoms with Gasteiger partial charge in [0.15, 0.2) is 0 Å². The molecule has 0 aliphatic rings. The third-order valence-corrected chi connectivity index (χ3v) is 12.3. The van der Waals surface area contributed by atoms with Crippen LogP contribution in [0.1, 0.15) is 243 Å². The van der Waals surface area contributed by atoms with Crippen LogP contribution in [0.25, 0.3) is 0 Å². The third-order valence-electron chi connectivity index (χ3n) is 11.2. The molecule has 3 nitrogen and oxygen atoms in total. The monoisotopic (exact) mass is 767 g/mol. The Balaban J connectivity index is 2.19. The van der Waals surface area contributed by atoms with Gasteiger partial charge in [-0.1, -0.05) is 209 Å². The lowest BCUT2D eigenvalue weighted by Gasteiger charge is -2.30. The molecule has 2 rings (SSSR count). The van der Waals surface area contributed by atoms with E-state index in [0.717, 1.165) is 31.4 Å². The molecule has 0 spiro atoms. The van der Waals surface area contributed by atoms with Gasteiger partial charge in [0.1, 0.15) is 5.75 Å². The van der Waals surface area contributed by atoms with Gasteiger partial charge in [-0.25, -0.2) is 0 Å². The van der Waals surface area contributed by atoms with Gasteiger partial charge >= 0.3 is 8.60 Å². The summed E-state index contributed by atoms with van der Waals surface area (Å²) in [6.45, 7) is 26.8. The first kappa shape index (κ1) is 48.7. The van der Waals surface area contributed by atoms with E-state index >= 15 is 0 Å². The van der Waals surface area contributed by atoms with Gasteiger partial charge in [0.2, 0.25) is 0 Å². The summed E-state index contributed by atoms with van der Waals surface area (Å²) in [6.07, 6.45) is 28.6. The van der Waals surface area contributed by atoms with Gasteiger partial charge in [-0.05, 0) is 77.8 Å². The maximum atomic E-state index is 6.84. The maximum absolute atomic E-state index is 6.84. The largest absolute Gasteiger partial charge is 0.426 e. The fourth-order valence-electron chi connectivity index (χ4n) is 7.61. The van der Waals surface area contributed by atoms with Crippen molar-refractivity contribution < 1.29 is 13.6 Å². The number of aryl methyl sites for hydroxylation is 2. The maximum Gasteiger partial charge on any atom is 0.397 e. The van der Waals surface area contributed by atoms with E-state index in [9.17, 15) is 0 Å². The minimum absolute atomic E-state index is 0.0923. The number of rotatable bonds is 30. The summed E-state index contributed by atoms with van der Waals surface area (Å²) >= 11 is 0. The second kappa shape index (κ2) is 27.3. The van der Waals surface area contributed by atoms with Gasteiger partial charge in [0.05, 0.1) is 13.2 Å². The van der Waals surface area contributed by atoms with Gasteiger partial charge in [-0.15, -0.1) is 0 Å². The summed E-state index contributed by atoms with van der Waals surface area (Å²) in [5.41, 5.74) is 8.22. The van der Waals surface area contributed by atoms with Crippen LogP contribution in [-0.2, 0) is 19.9 Å². The summed E-state index contributed by atoms with van der Waals surface area (Å²) < 4.78 is 19.8. The average Bonchev–Trinajstić information content (AvgIpc) is 3.11. The predicted molar refractivity (Wildman–Crippen MR) is 240 cm³/mol. The molecular formula is C50H87O3P. The van der Waals surface area contributed by atoms with E-state index in [2.05, 4.69) is 106 Å². The number of benzene rings is 2. The molecule has 0 bridgehead atoms. The number of unbranched alkanes of at least 4 members (excludes halogenated alkanes) is 18. The molecule has 0 radical (unpaired) electrons. The molecule has 310 valence electrons. The lowest BCUT2D eigenvalue weighted by Crippen LogP contribution is -2.17. The van der Waals surface area contributed by atoms with Gasteiger partial charge in [0.25, 0.3) is 0 Å².